The van der Waals surface area contributed by atoms with Crippen molar-refractivity contribution in [2.45, 2.75) is 49.6 Å². The Kier molecular flexibility index (Phi) is 8.77. The Bertz CT molecular complexity index is 1370. The van der Waals surface area contributed by atoms with Crippen LogP contribution in [0.1, 0.15) is 42.4 Å². The molecule has 1 amide bonds. The number of fused-ring (bicyclic) bond motifs is 1. The lowest BCUT2D eigenvalue weighted by Gasteiger charge is -2.31. The number of nitrogens with one attached hydrogen (secondary N) is 2. The molecule has 196 valence electrons. The number of hydrogen-bond acceptors (Lipinski definition) is 5. The highest BCUT2D eigenvalue weighted by atomic mass is 35.5. The van der Waals surface area contributed by atoms with Crippen molar-refractivity contribution in [3.8, 4) is 5.75 Å². The van der Waals surface area contributed by atoms with Crippen LogP contribution < -0.4 is 14.9 Å². The van der Waals surface area contributed by atoms with Crippen molar-refractivity contribution < 1.29 is 23.2 Å². The summed E-state index contributed by atoms with van der Waals surface area (Å²) in [6, 6.07) is 17.5. The number of sulfonamides is 1. The van der Waals surface area contributed by atoms with Gasteiger partial charge in [-0.2, -0.15) is 4.72 Å². The molecule has 1 aliphatic rings. The van der Waals surface area contributed by atoms with Crippen LogP contribution in [0, 0.1) is 5.92 Å². The van der Waals surface area contributed by atoms with Gasteiger partial charge < -0.3 is 4.74 Å². The van der Waals surface area contributed by atoms with Gasteiger partial charge in [0.05, 0.1) is 4.90 Å². The molecule has 0 aromatic heterocycles. The number of carbonyl (C=O) groups excluding carboxylic acids is 1. The molecule has 10 heteroatoms. The maximum absolute atomic E-state index is 13.3. The average Bonchev–Trinajstić information content (AvgIpc) is 3.04. The van der Waals surface area contributed by atoms with Crippen molar-refractivity contribution in [1.29, 1.82) is 0 Å². The zero-order valence-electron chi connectivity index (χ0n) is 20.2. The molecule has 0 saturated heterocycles. The molecule has 3 atom stereocenters. The Labute approximate surface area is 226 Å². The highest BCUT2D eigenvalue weighted by Crippen LogP contribution is 2.38. The summed E-state index contributed by atoms with van der Waals surface area (Å²) in [6.45, 7) is 2.18. The summed E-state index contributed by atoms with van der Waals surface area (Å²) in [7, 11) is -4.11. The van der Waals surface area contributed by atoms with Gasteiger partial charge in [0.25, 0.3) is 5.91 Å². The van der Waals surface area contributed by atoms with Gasteiger partial charge in [0.2, 0.25) is 10.0 Å². The summed E-state index contributed by atoms with van der Waals surface area (Å²) < 4.78 is 35.0. The van der Waals surface area contributed by atoms with Crippen LogP contribution in [-0.2, 0) is 27.8 Å². The fraction of sp³-hybridized carbons (Fsp3) is 0.296. The number of hydrogen-bond donors (Lipinski definition) is 3. The molecule has 0 fully saturated rings. The van der Waals surface area contributed by atoms with Crippen LogP contribution in [0.15, 0.2) is 71.6 Å². The van der Waals surface area contributed by atoms with Crippen molar-refractivity contribution in [3.63, 3.8) is 0 Å². The number of aryl methyl sites for hydroxylation is 1. The third kappa shape index (κ3) is 6.45. The predicted octanol–water partition coefficient (Wildman–Crippen LogP) is 5.48. The lowest BCUT2D eigenvalue weighted by atomic mass is 9.80. The van der Waals surface area contributed by atoms with E-state index in [2.05, 4.69) is 4.72 Å². The van der Waals surface area contributed by atoms with Gasteiger partial charge in [0, 0.05) is 21.5 Å². The van der Waals surface area contributed by atoms with Gasteiger partial charge in [-0.15, -0.1) is 0 Å². The van der Waals surface area contributed by atoms with Crippen LogP contribution >= 0.6 is 23.2 Å². The Morgan fingerprint density at radius 3 is 2.54 bits per heavy atom. The highest BCUT2D eigenvalue weighted by Gasteiger charge is 2.38. The molecule has 0 bridgehead atoms. The molecule has 4 rings (SSSR count). The van der Waals surface area contributed by atoms with Crippen LogP contribution in [0.25, 0.3) is 0 Å². The second-order valence-electron chi connectivity index (χ2n) is 9.16. The van der Waals surface area contributed by atoms with Crippen molar-refractivity contribution in [3.05, 3.63) is 93.5 Å². The minimum atomic E-state index is -4.11. The Hall–Kier alpha value is -2.62. The van der Waals surface area contributed by atoms with E-state index in [1.807, 2.05) is 31.2 Å². The lowest BCUT2D eigenvalue weighted by Crippen LogP contribution is -2.50. The van der Waals surface area contributed by atoms with E-state index in [0.717, 1.165) is 36.0 Å². The summed E-state index contributed by atoms with van der Waals surface area (Å²) in [6.07, 6.45) is 2.59. The smallest absolute Gasteiger partial charge is 0.262 e. The van der Waals surface area contributed by atoms with E-state index in [1.165, 1.54) is 24.3 Å². The fourth-order valence-electron chi connectivity index (χ4n) is 4.81. The van der Waals surface area contributed by atoms with Gasteiger partial charge in [0.15, 0.2) is 0 Å². The first-order chi connectivity index (χ1) is 17.7. The molecule has 0 saturated carbocycles. The quantitative estimate of drug-likeness (QED) is 0.191. The molecular weight excluding hydrogens is 535 g/mol. The molecule has 0 aliphatic heterocycles. The molecule has 0 heterocycles. The predicted molar refractivity (Wildman–Crippen MR) is 143 cm³/mol. The monoisotopic (exact) mass is 562 g/mol. The minimum absolute atomic E-state index is 0.00381. The number of hydroxylamine groups is 1. The minimum Gasteiger partial charge on any atom is -0.489 e. The maximum Gasteiger partial charge on any atom is 0.262 e. The van der Waals surface area contributed by atoms with Crippen molar-refractivity contribution in [1.82, 2.24) is 10.2 Å². The molecule has 3 aromatic carbocycles. The van der Waals surface area contributed by atoms with Gasteiger partial charge in [-0.3, -0.25) is 10.0 Å². The molecule has 3 N–H and O–H groups in total. The van der Waals surface area contributed by atoms with Crippen LogP contribution in [0.5, 0.6) is 5.75 Å². The Morgan fingerprint density at radius 2 is 1.84 bits per heavy atom. The van der Waals surface area contributed by atoms with Crippen molar-refractivity contribution in [2.24, 2.45) is 5.92 Å². The van der Waals surface area contributed by atoms with Crippen LogP contribution in [-0.4, -0.2) is 25.6 Å². The fourth-order valence-corrected chi connectivity index (χ4v) is 6.49. The molecular formula is C27H28Cl2N2O5S. The van der Waals surface area contributed by atoms with E-state index in [-0.39, 0.29) is 17.4 Å². The molecule has 3 unspecified atom stereocenters. The SMILES string of the molecule is CC1CCCc2ccccc2C1C(NS(=O)(=O)c1ccc(OCc2ccc(Cl)cc2Cl)cc1)C(=O)NO. The van der Waals surface area contributed by atoms with Crippen LogP contribution in [0.2, 0.25) is 10.0 Å². The Morgan fingerprint density at radius 1 is 1.11 bits per heavy atom. The molecule has 1 aliphatic carbocycles. The zero-order chi connectivity index (χ0) is 26.6. The van der Waals surface area contributed by atoms with Crippen molar-refractivity contribution >= 4 is 39.1 Å². The second kappa shape index (κ2) is 11.8. The Balaban J connectivity index is 1.55. The topological polar surface area (TPSA) is 105 Å². The van der Waals surface area contributed by atoms with E-state index in [4.69, 9.17) is 27.9 Å². The first-order valence-electron chi connectivity index (χ1n) is 11.9. The molecule has 0 radical (unpaired) electrons. The summed E-state index contributed by atoms with van der Waals surface area (Å²) >= 11 is 12.1. The lowest BCUT2D eigenvalue weighted by molar-refractivity contribution is -0.131. The van der Waals surface area contributed by atoms with Gasteiger partial charge in [-0.25, -0.2) is 13.9 Å². The normalized spacial score (nSPS) is 18.4. The van der Waals surface area contributed by atoms with E-state index in [9.17, 15) is 18.4 Å². The molecule has 3 aromatic rings. The first-order valence-corrected chi connectivity index (χ1v) is 14.1. The van der Waals surface area contributed by atoms with Crippen molar-refractivity contribution in [2.75, 3.05) is 0 Å². The third-order valence-corrected chi connectivity index (χ3v) is 8.75. The third-order valence-electron chi connectivity index (χ3n) is 6.71. The van der Waals surface area contributed by atoms with Gasteiger partial charge in [-0.05, 0) is 72.7 Å². The molecule has 7 nitrogen and oxygen atoms in total. The standard InChI is InChI=1S/C27H28Cl2N2O5S/c1-17-5-4-7-18-6-2-3-8-23(18)25(17)26(27(32)30-33)31-37(34,35)22-13-11-21(12-14-22)36-16-19-9-10-20(28)15-24(19)29/h2-3,6,8-15,17,25-26,31,33H,4-5,7,16H2,1H3,(H,30,32). The van der Waals surface area contributed by atoms with E-state index in [0.29, 0.717) is 15.8 Å². The number of halogens is 2. The largest absolute Gasteiger partial charge is 0.489 e. The summed E-state index contributed by atoms with van der Waals surface area (Å²) in [4.78, 5) is 12.8. The second-order valence-corrected chi connectivity index (χ2v) is 11.7. The molecule has 0 spiro atoms. The van der Waals surface area contributed by atoms with E-state index < -0.39 is 27.9 Å². The molecule has 37 heavy (non-hydrogen) atoms. The van der Waals surface area contributed by atoms with E-state index >= 15 is 0 Å². The first kappa shape index (κ1) is 27.4. The van der Waals surface area contributed by atoms with Crippen LogP contribution in [0.3, 0.4) is 0 Å². The number of amides is 1. The number of rotatable bonds is 8. The summed E-state index contributed by atoms with van der Waals surface area (Å²) in [5.74, 6) is -0.811. The zero-order valence-corrected chi connectivity index (χ0v) is 22.5. The highest BCUT2D eigenvalue weighted by molar-refractivity contribution is 7.89. The summed E-state index contributed by atoms with van der Waals surface area (Å²) in [5, 5.41) is 10.5. The van der Waals surface area contributed by atoms with Crippen LogP contribution in [0.4, 0.5) is 0 Å². The summed E-state index contributed by atoms with van der Waals surface area (Å²) in [5.41, 5.74) is 4.38. The number of carbonyl (C=O) groups is 1. The van der Waals surface area contributed by atoms with Gasteiger partial charge in [0.1, 0.15) is 18.4 Å². The van der Waals surface area contributed by atoms with Gasteiger partial charge >= 0.3 is 0 Å². The maximum atomic E-state index is 13.3. The van der Waals surface area contributed by atoms with E-state index in [1.54, 1.807) is 23.7 Å². The number of benzene rings is 3. The van der Waals surface area contributed by atoms with Gasteiger partial charge in [-0.1, -0.05) is 60.5 Å². The number of ether oxygens (including phenoxy) is 1. The average molecular weight is 564 g/mol.